The van der Waals surface area contributed by atoms with E-state index in [0.29, 0.717) is 12.1 Å². The van der Waals surface area contributed by atoms with Gasteiger partial charge >= 0.3 is 0 Å². The highest BCUT2D eigenvalue weighted by atomic mass is 16.3. The zero-order valence-electron chi connectivity index (χ0n) is 9.98. The standard InChI is InChI=1S/C13H20N2O2/c14-9-3-1-2-4-10-15-13(17)11-5-7-12(16)8-6-11/h5-8,16H,1-4,9-10,14H2,(H,15,17). The van der Waals surface area contributed by atoms with E-state index in [4.69, 9.17) is 10.8 Å². The van der Waals surface area contributed by atoms with Crippen molar-refractivity contribution in [1.29, 1.82) is 0 Å². The third-order valence-corrected chi connectivity index (χ3v) is 2.55. The van der Waals surface area contributed by atoms with Gasteiger partial charge in [0, 0.05) is 12.1 Å². The summed E-state index contributed by atoms with van der Waals surface area (Å²) in [5.41, 5.74) is 5.96. The van der Waals surface area contributed by atoms with Crippen molar-refractivity contribution in [3.05, 3.63) is 29.8 Å². The van der Waals surface area contributed by atoms with Crippen LogP contribution in [0.2, 0.25) is 0 Å². The molecule has 1 aromatic rings. The highest BCUT2D eigenvalue weighted by molar-refractivity contribution is 5.94. The number of phenols is 1. The molecule has 0 spiro atoms. The summed E-state index contributed by atoms with van der Waals surface area (Å²) >= 11 is 0. The van der Waals surface area contributed by atoms with Crippen LogP contribution in [-0.2, 0) is 0 Å². The molecular weight excluding hydrogens is 216 g/mol. The van der Waals surface area contributed by atoms with Crippen molar-refractivity contribution >= 4 is 5.91 Å². The maximum atomic E-state index is 11.6. The van der Waals surface area contributed by atoms with E-state index >= 15 is 0 Å². The van der Waals surface area contributed by atoms with E-state index in [0.717, 1.165) is 32.2 Å². The number of carbonyl (C=O) groups excluding carboxylic acids is 1. The fourth-order valence-corrected chi connectivity index (χ4v) is 1.54. The maximum Gasteiger partial charge on any atom is 0.251 e. The lowest BCUT2D eigenvalue weighted by Crippen LogP contribution is -2.24. The summed E-state index contributed by atoms with van der Waals surface area (Å²) in [6.45, 7) is 1.42. The molecule has 0 atom stereocenters. The highest BCUT2D eigenvalue weighted by Gasteiger charge is 2.03. The number of nitrogens with two attached hydrogens (primary N) is 1. The van der Waals surface area contributed by atoms with Crippen LogP contribution in [0.5, 0.6) is 5.75 Å². The Morgan fingerprint density at radius 2 is 1.76 bits per heavy atom. The smallest absolute Gasteiger partial charge is 0.251 e. The number of carbonyl (C=O) groups is 1. The van der Waals surface area contributed by atoms with E-state index < -0.39 is 0 Å². The van der Waals surface area contributed by atoms with Crippen molar-refractivity contribution in [2.75, 3.05) is 13.1 Å². The lowest BCUT2D eigenvalue weighted by atomic mass is 10.2. The van der Waals surface area contributed by atoms with E-state index in [9.17, 15) is 4.79 Å². The molecule has 4 N–H and O–H groups in total. The average molecular weight is 236 g/mol. The number of nitrogens with one attached hydrogen (secondary N) is 1. The van der Waals surface area contributed by atoms with E-state index in [2.05, 4.69) is 5.32 Å². The average Bonchev–Trinajstić information content (AvgIpc) is 2.34. The molecule has 4 heteroatoms. The van der Waals surface area contributed by atoms with E-state index in [-0.39, 0.29) is 11.7 Å². The number of unbranched alkanes of at least 4 members (excludes halogenated alkanes) is 3. The van der Waals surface area contributed by atoms with Gasteiger partial charge in [-0.1, -0.05) is 12.8 Å². The zero-order valence-corrected chi connectivity index (χ0v) is 9.98. The number of phenolic OH excluding ortho intramolecular Hbond substituents is 1. The van der Waals surface area contributed by atoms with Crippen LogP contribution < -0.4 is 11.1 Å². The Kier molecular flexibility index (Phi) is 6.10. The highest BCUT2D eigenvalue weighted by Crippen LogP contribution is 2.09. The van der Waals surface area contributed by atoms with Gasteiger partial charge in [-0.2, -0.15) is 0 Å². The second kappa shape index (κ2) is 7.68. The minimum Gasteiger partial charge on any atom is -0.508 e. The number of benzene rings is 1. The van der Waals surface area contributed by atoms with Crippen LogP contribution in [-0.4, -0.2) is 24.1 Å². The van der Waals surface area contributed by atoms with Crippen LogP contribution in [0.15, 0.2) is 24.3 Å². The monoisotopic (exact) mass is 236 g/mol. The number of aromatic hydroxyl groups is 1. The quantitative estimate of drug-likeness (QED) is 0.630. The van der Waals surface area contributed by atoms with Crippen molar-refractivity contribution in [3.63, 3.8) is 0 Å². The second-order valence-electron chi connectivity index (χ2n) is 4.01. The molecule has 0 saturated heterocycles. The second-order valence-corrected chi connectivity index (χ2v) is 4.01. The summed E-state index contributed by atoms with van der Waals surface area (Å²) in [5.74, 6) is 0.0761. The third-order valence-electron chi connectivity index (χ3n) is 2.55. The lowest BCUT2D eigenvalue weighted by molar-refractivity contribution is 0.0953. The van der Waals surface area contributed by atoms with Crippen LogP contribution in [0, 0.1) is 0 Å². The topological polar surface area (TPSA) is 75.3 Å². The van der Waals surface area contributed by atoms with Gasteiger partial charge in [0.15, 0.2) is 0 Å². The Morgan fingerprint density at radius 1 is 1.12 bits per heavy atom. The summed E-state index contributed by atoms with van der Waals surface area (Å²) in [6, 6.07) is 6.24. The number of rotatable bonds is 7. The zero-order chi connectivity index (χ0) is 12.5. The molecule has 1 rings (SSSR count). The molecule has 0 heterocycles. The summed E-state index contributed by atoms with van der Waals surface area (Å²) in [6.07, 6.45) is 4.23. The van der Waals surface area contributed by atoms with Crippen molar-refractivity contribution in [2.24, 2.45) is 5.73 Å². The van der Waals surface area contributed by atoms with Crippen molar-refractivity contribution in [2.45, 2.75) is 25.7 Å². The Labute approximate surface area is 102 Å². The number of hydrogen-bond donors (Lipinski definition) is 3. The van der Waals surface area contributed by atoms with Gasteiger partial charge in [0.1, 0.15) is 5.75 Å². The summed E-state index contributed by atoms with van der Waals surface area (Å²) in [4.78, 5) is 11.6. The minimum absolute atomic E-state index is 0.0937. The van der Waals surface area contributed by atoms with Crippen LogP contribution in [0.25, 0.3) is 0 Å². The molecule has 0 bridgehead atoms. The van der Waals surface area contributed by atoms with Gasteiger partial charge < -0.3 is 16.2 Å². The van der Waals surface area contributed by atoms with E-state index in [1.807, 2.05) is 0 Å². The molecule has 0 aliphatic carbocycles. The Balaban J connectivity index is 2.19. The molecule has 0 aliphatic rings. The largest absolute Gasteiger partial charge is 0.508 e. The molecule has 1 amide bonds. The number of amides is 1. The normalized spacial score (nSPS) is 10.2. The predicted molar refractivity (Wildman–Crippen MR) is 68.0 cm³/mol. The summed E-state index contributed by atoms with van der Waals surface area (Å²) < 4.78 is 0. The predicted octanol–water partition coefficient (Wildman–Crippen LogP) is 1.64. The fraction of sp³-hybridized carbons (Fsp3) is 0.462. The van der Waals surface area contributed by atoms with E-state index in [1.54, 1.807) is 12.1 Å². The molecule has 0 fully saturated rings. The van der Waals surface area contributed by atoms with Gasteiger partial charge in [-0.15, -0.1) is 0 Å². The van der Waals surface area contributed by atoms with Crippen LogP contribution in [0.3, 0.4) is 0 Å². The van der Waals surface area contributed by atoms with E-state index in [1.165, 1.54) is 12.1 Å². The van der Waals surface area contributed by atoms with Gasteiger partial charge in [-0.05, 0) is 43.7 Å². The third kappa shape index (κ3) is 5.36. The molecule has 0 radical (unpaired) electrons. The van der Waals surface area contributed by atoms with Crippen LogP contribution >= 0.6 is 0 Å². The SMILES string of the molecule is NCCCCCCNC(=O)c1ccc(O)cc1. The van der Waals surface area contributed by atoms with Crippen molar-refractivity contribution in [3.8, 4) is 5.75 Å². The molecular formula is C13H20N2O2. The van der Waals surface area contributed by atoms with Gasteiger partial charge in [-0.3, -0.25) is 4.79 Å². The molecule has 94 valence electrons. The molecule has 4 nitrogen and oxygen atoms in total. The van der Waals surface area contributed by atoms with Crippen molar-refractivity contribution in [1.82, 2.24) is 5.32 Å². The van der Waals surface area contributed by atoms with Crippen LogP contribution in [0.1, 0.15) is 36.0 Å². The van der Waals surface area contributed by atoms with Crippen molar-refractivity contribution < 1.29 is 9.90 Å². The summed E-state index contributed by atoms with van der Waals surface area (Å²) in [5, 5.41) is 11.9. The Morgan fingerprint density at radius 3 is 2.41 bits per heavy atom. The Hall–Kier alpha value is -1.55. The molecule has 1 aromatic carbocycles. The summed E-state index contributed by atoms with van der Waals surface area (Å²) in [7, 11) is 0. The molecule has 17 heavy (non-hydrogen) atoms. The number of hydrogen-bond acceptors (Lipinski definition) is 3. The van der Waals surface area contributed by atoms with Gasteiger partial charge in [-0.25, -0.2) is 0 Å². The first kappa shape index (κ1) is 13.5. The Bertz CT molecular complexity index is 336. The lowest BCUT2D eigenvalue weighted by Gasteiger charge is -2.05. The van der Waals surface area contributed by atoms with Gasteiger partial charge in [0.2, 0.25) is 0 Å². The first-order valence-corrected chi connectivity index (χ1v) is 6.01. The molecule has 0 saturated carbocycles. The first-order valence-electron chi connectivity index (χ1n) is 6.01. The molecule has 0 aromatic heterocycles. The molecule has 0 unspecified atom stereocenters. The fourth-order valence-electron chi connectivity index (χ4n) is 1.54. The minimum atomic E-state index is -0.0937. The van der Waals surface area contributed by atoms with Gasteiger partial charge in [0.05, 0.1) is 0 Å². The first-order chi connectivity index (χ1) is 8.24. The maximum absolute atomic E-state index is 11.6. The molecule has 0 aliphatic heterocycles. The van der Waals surface area contributed by atoms with Crippen LogP contribution in [0.4, 0.5) is 0 Å². The van der Waals surface area contributed by atoms with Gasteiger partial charge in [0.25, 0.3) is 5.91 Å².